The summed E-state index contributed by atoms with van der Waals surface area (Å²) in [6.45, 7) is 4.73. The Bertz CT molecular complexity index is 446. The summed E-state index contributed by atoms with van der Waals surface area (Å²) in [5.74, 6) is 0. The first-order valence-electron chi connectivity index (χ1n) is 7.91. The fourth-order valence-corrected chi connectivity index (χ4v) is 3.63. The van der Waals surface area contributed by atoms with Crippen molar-refractivity contribution in [2.45, 2.75) is 38.1 Å². The Hall–Kier alpha value is -1.35. The maximum Gasteiger partial charge on any atom is 0.152 e. The lowest BCUT2D eigenvalue weighted by atomic mass is 9.99. The van der Waals surface area contributed by atoms with E-state index in [0.717, 1.165) is 36.7 Å². The molecule has 0 N–H and O–H groups in total. The molecule has 2 fully saturated rings. The first kappa shape index (κ1) is 13.6. The van der Waals surface area contributed by atoms with E-state index in [4.69, 9.17) is 0 Å². The van der Waals surface area contributed by atoms with E-state index >= 15 is 0 Å². The Labute approximate surface area is 121 Å². The van der Waals surface area contributed by atoms with Gasteiger partial charge in [-0.1, -0.05) is 18.6 Å². The van der Waals surface area contributed by atoms with Gasteiger partial charge in [0.25, 0.3) is 0 Å². The Morgan fingerprint density at radius 2 is 1.65 bits per heavy atom. The summed E-state index contributed by atoms with van der Waals surface area (Å²) < 4.78 is 0. The number of carbonyl (C=O) groups excluding carboxylic acids is 1. The quantitative estimate of drug-likeness (QED) is 0.790. The minimum absolute atomic E-state index is 0.759. The van der Waals surface area contributed by atoms with Crippen molar-refractivity contribution in [2.75, 3.05) is 31.1 Å². The third-order valence-corrected chi connectivity index (χ3v) is 4.78. The standard InChI is InChI=1S/C17H24N2O/c20-14-15-6-2-3-7-17(15)19-12-8-16(9-13-19)18-10-4-1-5-11-18/h2-3,6-7,14,16H,1,4-5,8-13H2. The lowest BCUT2D eigenvalue weighted by Crippen LogP contribution is -2.46. The molecule has 0 spiro atoms. The van der Waals surface area contributed by atoms with Crippen LogP contribution in [0.15, 0.2) is 24.3 Å². The fraction of sp³-hybridized carbons (Fsp3) is 0.588. The van der Waals surface area contributed by atoms with Crippen LogP contribution in [0, 0.1) is 0 Å². The van der Waals surface area contributed by atoms with E-state index in [1.165, 1.54) is 45.2 Å². The molecule has 3 nitrogen and oxygen atoms in total. The van der Waals surface area contributed by atoms with Gasteiger partial charge in [0.1, 0.15) is 0 Å². The number of anilines is 1. The van der Waals surface area contributed by atoms with E-state index in [0.29, 0.717) is 0 Å². The van der Waals surface area contributed by atoms with Crippen LogP contribution in [-0.2, 0) is 0 Å². The lowest BCUT2D eigenvalue weighted by molar-refractivity contribution is 0.112. The van der Waals surface area contributed by atoms with Crippen LogP contribution in [0.4, 0.5) is 5.69 Å². The Balaban J connectivity index is 1.61. The molecule has 3 heteroatoms. The van der Waals surface area contributed by atoms with Crippen LogP contribution in [-0.4, -0.2) is 43.4 Å². The number of benzene rings is 1. The minimum Gasteiger partial charge on any atom is -0.371 e. The molecule has 0 atom stereocenters. The molecule has 2 aliphatic rings. The summed E-state index contributed by atoms with van der Waals surface area (Å²) in [7, 11) is 0. The molecule has 0 saturated carbocycles. The molecule has 108 valence electrons. The van der Waals surface area contributed by atoms with E-state index in [9.17, 15) is 4.79 Å². The van der Waals surface area contributed by atoms with Crippen LogP contribution in [0.5, 0.6) is 0 Å². The highest BCUT2D eigenvalue weighted by molar-refractivity contribution is 5.84. The second kappa shape index (κ2) is 6.40. The van der Waals surface area contributed by atoms with E-state index in [1.54, 1.807) is 0 Å². The highest BCUT2D eigenvalue weighted by Crippen LogP contribution is 2.26. The maximum atomic E-state index is 11.1. The van der Waals surface area contributed by atoms with Crippen molar-refractivity contribution in [2.24, 2.45) is 0 Å². The average molecular weight is 272 g/mol. The van der Waals surface area contributed by atoms with Gasteiger partial charge in [-0.2, -0.15) is 0 Å². The van der Waals surface area contributed by atoms with Gasteiger partial charge < -0.3 is 9.80 Å². The maximum absolute atomic E-state index is 11.1. The van der Waals surface area contributed by atoms with Crippen LogP contribution < -0.4 is 4.90 Å². The molecule has 0 amide bonds. The van der Waals surface area contributed by atoms with Crippen LogP contribution in [0.25, 0.3) is 0 Å². The third-order valence-electron chi connectivity index (χ3n) is 4.78. The second-order valence-corrected chi connectivity index (χ2v) is 5.99. The summed E-state index contributed by atoms with van der Waals surface area (Å²) in [5, 5.41) is 0. The highest BCUT2D eigenvalue weighted by Gasteiger charge is 2.26. The number of aldehydes is 1. The van der Waals surface area contributed by atoms with Crippen molar-refractivity contribution < 1.29 is 4.79 Å². The molecular formula is C17H24N2O. The molecule has 1 aromatic rings. The van der Waals surface area contributed by atoms with E-state index in [2.05, 4.69) is 15.9 Å². The van der Waals surface area contributed by atoms with Crippen LogP contribution in [0.3, 0.4) is 0 Å². The number of rotatable bonds is 3. The number of hydrogen-bond acceptors (Lipinski definition) is 3. The van der Waals surface area contributed by atoms with Crippen molar-refractivity contribution >= 4 is 12.0 Å². The molecule has 0 bridgehead atoms. The number of carbonyl (C=O) groups is 1. The van der Waals surface area contributed by atoms with Gasteiger partial charge in [0.05, 0.1) is 0 Å². The van der Waals surface area contributed by atoms with Crippen molar-refractivity contribution in [3.05, 3.63) is 29.8 Å². The normalized spacial score (nSPS) is 21.9. The zero-order valence-electron chi connectivity index (χ0n) is 12.1. The van der Waals surface area contributed by atoms with Crippen molar-refractivity contribution in [1.29, 1.82) is 0 Å². The minimum atomic E-state index is 0.759. The van der Waals surface area contributed by atoms with Crippen LogP contribution in [0.2, 0.25) is 0 Å². The SMILES string of the molecule is O=Cc1ccccc1N1CCC(N2CCCCC2)CC1. The summed E-state index contributed by atoms with van der Waals surface area (Å²) in [6, 6.07) is 8.71. The monoisotopic (exact) mass is 272 g/mol. The second-order valence-electron chi connectivity index (χ2n) is 5.99. The molecular weight excluding hydrogens is 248 g/mol. The molecule has 20 heavy (non-hydrogen) atoms. The zero-order valence-corrected chi connectivity index (χ0v) is 12.1. The van der Waals surface area contributed by atoms with Gasteiger partial charge in [0, 0.05) is 30.4 Å². The first-order chi connectivity index (χ1) is 9.88. The van der Waals surface area contributed by atoms with E-state index in [-0.39, 0.29) is 0 Å². The number of nitrogens with zero attached hydrogens (tertiary/aromatic N) is 2. The topological polar surface area (TPSA) is 23.6 Å². The smallest absolute Gasteiger partial charge is 0.152 e. The van der Waals surface area contributed by atoms with Gasteiger partial charge in [-0.25, -0.2) is 0 Å². The summed E-state index contributed by atoms with van der Waals surface area (Å²) >= 11 is 0. The number of para-hydroxylation sites is 1. The molecule has 0 aliphatic carbocycles. The lowest BCUT2D eigenvalue weighted by Gasteiger charge is -2.41. The largest absolute Gasteiger partial charge is 0.371 e. The van der Waals surface area contributed by atoms with Gasteiger partial charge in [0.2, 0.25) is 0 Å². The molecule has 0 unspecified atom stereocenters. The summed E-state index contributed by atoms with van der Waals surface area (Å²) in [4.78, 5) is 16.2. The molecule has 0 aromatic heterocycles. The Morgan fingerprint density at radius 1 is 0.950 bits per heavy atom. The van der Waals surface area contributed by atoms with Crippen molar-refractivity contribution in [3.8, 4) is 0 Å². The fourth-order valence-electron chi connectivity index (χ4n) is 3.63. The molecule has 2 saturated heterocycles. The highest BCUT2D eigenvalue weighted by atomic mass is 16.1. The Morgan fingerprint density at radius 3 is 2.35 bits per heavy atom. The predicted octanol–water partition coefficient (Wildman–Crippen LogP) is 2.95. The molecule has 0 radical (unpaired) electrons. The van der Waals surface area contributed by atoms with Gasteiger partial charge in [-0.3, -0.25) is 4.79 Å². The van der Waals surface area contributed by atoms with Gasteiger partial charge in [-0.15, -0.1) is 0 Å². The summed E-state index contributed by atoms with van der Waals surface area (Å²) in [5.41, 5.74) is 1.93. The molecule has 3 rings (SSSR count). The predicted molar refractivity (Wildman–Crippen MR) is 82.5 cm³/mol. The van der Waals surface area contributed by atoms with Crippen LogP contribution in [0.1, 0.15) is 42.5 Å². The number of likely N-dealkylation sites (tertiary alicyclic amines) is 1. The van der Waals surface area contributed by atoms with Crippen molar-refractivity contribution in [1.82, 2.24) is 4.90 Å². The number of piperidine rings is 2. The van der Waals surface area contributed by atoms with Crippen LogP contribution >= 0.6 is 0 Å². The Kier molecular flexibility index (Phi) is 4.36. The van der Waals surface area contributed by atoms with E-state index in [1.807, 2.05) is 18.2 Å². The summed E-state index contributed by atoms with van der Waals surface area (Å²) in [6.07, 6.45) is 7.58. The molecule has 2 aliphatic heterocycles. The third kappa shape index (κ3) is 2.88. The molecule has 1 aromatic carbocycles. The molecule has 2 heterocycles. The van der Waals surface area contributed by atoms with Gasteiger partial charge >= 0.3 is 0 Å². The number of hydrogen-bond donors (Lipinski definition) is 0. The van der Waals surface area contributed by atoms with Gasteiger partial charge in [0.15, 0.2) is 6.29 Å². The van der Waals surface area contributed by atoms with Gasteiger partial charge in [-0.05, 0) is 50.9 Å². The van der Waals surface area contributed by atoms with E-state index < -0.39 is 0 Å². The van der Waals surface area contributed by atoms with Crippen molar-refractivity contribution in [3.63, 3.8) is 0 Å². The first-order valence-corrected chi connectivity index (χ1v) is 7.91. The average Bonchev–Trinajstić information content (AvgIpc) is 2.56. The zero-order chi connectivity index (χ0) is 13.8.